The first kappa shape index (κ1) is 11.0. The number of hydrogen-bond acceptors (Lipinski definition) is 2. The second kappa shape index (κ2) is 4.61. The fourth-order valence-corrected chi connectivity index (χ4v) is 3.27. The van der Waals surface area contributed by atoms with Gasteiger partial charge in [-0.1, -0.05) is 18.2 Å². The Morgan fingerprint density at radius 2 is 2.00 bits per heavy atom. The van der Waals surface area contributed by atoms with Crippen LogP contribution in [0.15, 0.2) is 24.3 Å². The van der Waals surface area contributed by atoms with Crippen LogP contribution < -0.4 is 0 Å². The fourth-order valence-electron chi connectivity index (χ4n) is 3.27. The van der Waals surface area contributed by atoms with Crippen molar-refractivity contribution in [2.45, 2.75) is 19.3 Å². The van der Waals surface area contributed by atoms with Gasteiger partial charge in [0, 0.05) is 25.2 Å². The molecule has 0 unspecified atom stereocenters. The van der Waals surface area contributed by atoms with E-state index in [2.05, 4.69) is 11.0 Å². The quantitative estimate of drug-likeness (QED) is 0.739. The number of rotatable bonds is 4. The van der Waals surface area contributed by atoms with Crippen molar-refractivity contribution in [2.75, 3.05) is 19.6 Å². The molecule has 1 aliphatic carbocycles. The van der Waals surface area contributed by atoms with Gasteiger partial charge in [0.25, 0.3) is 0 Å². The molecule has 3 aliphatic rings. The fraction of sp³-hybridized carbons (Fsp3) is 0.533. The van der Waals surface area contributed by atoms with Crippen LogP contribution in [0.2, 0.25) is 0 Å². The van der Waals surface area contributed by atoms with Crippen molar-refractivity contribution in [2.24, 2.45) is 11.8 Å². The Hall–Kier alpha value is -1.15. The molecule has 2 bridgehead atoms. The second-order valence-electron chi connectivity index (χ2n) is 5.58. The van der Waals surface area contributed by atoms with Crippen LogP contribution in [0.1, 0.15) is 28.8 Å². The van der Waals surface area contributed by atoms with Gasteiger partial charge in [-0.25, -0.2) is 0 Å². The number of piperidine rings is 2. The highest BCUT2D eigenvalue weighted by atomic mass is 16.1. The van der Waals surface area contributed by atoms with Crippen molar-refractivity contribution in [1.29, 1.82) is 0 Å². The third-order valence-electron chi connectivity index (χ3n) is 4.17. The SMILES string of the molecule is O=Cc1cccc(CCN2CC3CC(C3)C2)c1. The largest absolute Gasteiger partial charge is 0.302 e. The molecule has 2 saturated heterocycles. The monoisotopic (exact) mass is 229 g/mol. The molecule has 2 aliphatic heterocycles. The minimum Gasteiger partial charge on any atom is -0.302 e. The van der Waals surface area contributed by atoms with Gasteiger partial charge in [0.2, 0.25) is 0 Å². The van der Waals surface area contributed by atoms with Gasteiger partial charge in [0.1, 0.15) is 6.29 Å². The predicted octanol–water partition coefficient (Wildman–Crippen LogP) is 2.38. The molecule has 0 aromatic heterocycles. The zero-order chi connectivity index (χ0) is 11.7. The smallest absolute Gasteiger partial charge is 0.150 e. The van der Waals surface area contributed by atoms with E-state index in [0.717, 1.165) is 36.7 Å². The van der Waals surface area contributed by atoms with Crippen LogP contribution in [-0.4, -0.2) is 30.8 Å². The summed E-state index contributed by atoms with van der Waals surface area (Å²) in [4.78, 5) is 13.3. The maximum absolute atomic E-state index is 10.7. The minimum atomic E-state index is 0.795. The first-order valence-electron chi connectivity index (χ1n) is 6.60. The van der Waals surface area contributed by atoms with Gasteiger partial charge < -0.3 is 4.90 Å². The normalized spacial score (nSPS) is 27.5. The van der Waals surface area contributed by atoms with E-state index in [1.807, 2.05) is 18.2 Å². The van der Waals surface area contributed by atoms with Gasteiger partial charge in [0.15, 0.2) is 0 Å². The van der Waals surface area contributed by atoms with Crippen molar-refractivity contribution in [3.05, 3.63) is 35.4 Å². The Morgan fingerprint density at radius 3 is 2.71 bits per heavy atom. The number of aldehydes is 1. The molecule has 0 spiro atoms. The Labute approximate surface area is 103 Å². The van der Waals surface area contributed by atoms with Gasteiger partial charge in [-0.3, -0.25) is 4.79 Å². The molecule has 2 heteroatoms. The van der Waals surface area contributed by atoms with Gasteiger partial charge in [-0.05, 0) is 42.7 Å². The summed E-state index contributed by atoms with van der Waals surface area (Å²) in [7, 11) is 0. The highest BCUT2D eigenvalue weighted by molar-refractivity contribution is 5.74. The third-order valence-corrected chi connectivity index (χ3v) is 4.17. The zero-order valence-corrected chi connectivity index (χ0v) is 10.1. The molecule has 0 radical (unpaired) electrons. The predicted molar refractivity (Wildman–Crippen MR) is 68.2 cm³/mol. The lowest BCUT2D eigenvalue weighted by atomic mass is 9.71. The summed E-state index contributed by atoms with van der Waals surface area (Å²) in [6.07, 6.45) is 4.94. The van der Waals surface area contributed by atoms with Crippen molar-refractivity contribution < 1.29 is 4.79 Å². The summed E-state index contributed by atoms with van der Waals surface area (Å²) < 4.78 is 0. The molecule has 17 heavy (non-hydrogen) atoms. The summed E-state index contributed by atoms with van der Waals surface area (Å²) in [5.74, 6) is 1.96. The summed E-state index contributed by atoms with van der Waals surface area (Å²) in [5.41, 5.74) is 2.08. The maximum Gasteiger partial charge on any atom is 0.150 e. The molecule has 0 amide bonds. The van der Waals surface area contributed by atoms with Crippen LogP contribution >= 0.6 is 0 Å². The number of carbonyl (C=O) groups excluding carboxylic acids is 1. The molecule has 1 aromatic carbocycles. The first-order valence-corrected chi connectivity index (χ1v) is 6.60. The number of nitrogens with zero attached hydrogens (tertiary/aromatic N) is 1. The molecule has 4 rings (SSSR count). The summed E-state index contributed by atoms with van der Waals surface area (Å²) in [5, 5.41) is 0. The average Bonchev–Trinajstić information content (AvgIpc) is 2.36. The van der Waals surface area contributed by atoms with E-state index >= 15 is 0 Å². The topological polar surface area (TPSA) is 20.3 Å². The summed E-state index contributed by atoms with van der Waals surface area (Å²) in [6, 6.07) is 7.98. The number of fused-ring (bicyclic) bond motifs is 2. The van der Waals surface area contributed by atoms with Gasteiger partial charge in [-0.15, -0.1) is 0 Å². The Balaban J connectivity index is 1.54. The molecule has 0 N–H and O–H groups in total. The molecular weight excluding hydrogens is 210 g/mol. The van der Waals surface area contributed by atoms with Crippen LogP contribution in [0.25, 0.3) is 0 Å². The Bertz CT molecular complexity index is 399. The van der Waals surface area contributed by atoms with Crippen LogP contribution in [0.4, 0.5) is 0 Å². The molecular formula is C15H19NO. The van der Waals surface area contributed by atoms with Gasteiger partial charge >= 0.3 is 0 Å². The maximum atomic E-state index is 10.7. The lowest BCUT2D eigenvalue weighted by Gasteiger charge is -2.47. The molecule has 3 fully saturated rings. The molecule has 2 nitrogen and oxygen atoms in total. The first-order chi connectivity index (χ1) is 8.33. The Kier molecular flexibility index (Phi) is 2.98. The lowest BCUT2D eigenvalue weighted by molar-refractivity contribution is 0.0284. The van der Waals surface area contributed by atoms with Crippen molar-refractivity contribution in [3.63, 3.8) is 0 Å². The molecule has 0 atom stereocenters. The van der Waals surface area contributed by atoms with E-state index in [1.165, 1.54) is 31.5 Å². The Morgan fingerprint density at radius 1 is 1.24 bits per heavy atom. The molecule has 1 aromatic rings. The van der Waals surface area contributed by atoms with E-state index in [-0.39, 0.29) is 0 Å². The van der Waals surface area contributed by atoms with E-state index < -0.39 is 0 Å². The molecule has 1 saturated carbocycles. The van der Waals surface area contributed by atoms with Crippen LogP contribution in [0.5, 0.6) is 0 Å². The van der Waals surface area contributed by atoms with Crippen molar-refractivity contribution in [3.8, 4) is 0 Å². The zero-order valence-electron chi connectivity index (χ0n) is 10.1. The van der Waals surface area contributed by atoms with E-state index in [9.17, 15) is 4.79 Å². The van der Waals surface area contributed by atoms with E-state index in [0.29, 0.717) is 0 Å². The lowest BCUT2D eigenvalue weighted by Crippen LogP contribution is -2.49. The highest BCUT2D eigenvalue weighted by Crippen LogP contribution is 2.39. The number of hydrogen-bond donors (Lipinski definition) is 0. The number of carbonyl (C=O) groups is 1. The van der Waals surface area contributed by atoms with Crippen molar-refractivity contribution in [1.82, 2.24) is 4.90 Å². The molecule has 90 valence electrons. The average molecular weight is 229 g/mol. The van der Waals surface area contributed by atoms with E-state index in [1.54, 1.807) is 0 Å². The van der Waals surface area contributed by atoms with Crippen molar-refractivity contribution >= 4 is 6.29 Å². The summed E-state index contributed by atoms with van der Waals surface area (Å²) >= 11 is 0. The van der Waals surface area contributed by atoms with Gasteiger partial charge in [0.05, 0.1) is 0 Å². The van der Waals surface area contributed by atoms with E-state index in [4.69, 9.17) is 0 Å². The van der Waals surface area contributed by atoms with Crippen LogP contribution in [-0.2, 0) is 6.42 Å². The standard InChI is InChI=1S/C15H19NO/c17-11-13-3-1-2-12(6-13)4-5-16-9-14-7-15(8-14)10-16/h1-3,6,11,14-15H,4-5,7-10H2. The minimum absolute atomic E-state index is 0.795. The number of benzene rings is 1. The van der Waals surface area contributed by atoms with Crippen LogP contribution in [0, 0.1) is 11.8 Å². The summed E-state index contributed by atoms with van der Waals surface area (Å²) in [6.45, 7) is 3.74. The van der Waals surface area contributed by atoms with Gasteiger partial charge in [-0.2, -0.15) is 0 Å². The molecule has 2 heterocycles. The highest BCUT2D eigenvalue weighted by Gasteiger charge is 2.36. The third kappa shape index (κ3) is 2.42. The van der Waals surface area contributed by atoms with Crippen LogP contribution in [0.3, 0.4) is 0 Å². The second-order valence-corrected chi connectivity index (χ2v) is 5.58.